The van der Waals surface area contributed by atoms with Gasteiger partial charge in [0.15, 0.2) is 5.78 Å². The van der Waals surface area contributed by atoms with E-state index in [1.807, 2.05) is 61.5 Å². The Morgan fingerprint density at radius 1 is 1.00 bits per heavy atom. The summed E-state index contributed by atoms with van der Waals surface area (Å²) >= 11 is 0. The van der Waals surface area contributed by atoms with E-state index >= 15 is 0 Å². The van der Waals surface area contributed by atoms with Crippen molar-refractivity contribution in [3.8, 4) is 11.1 Å². The molecule has 0 spiro atoms. The van der Waals surface area contributed by atoms with Crippen LogP contribution >= 0.6 is 0 Å². The number of aromatic nitrogens is 1. The fourth-order valence-electron chi connectivity index (χ4n) is 2.52. The number of nitrogens with zero attached hydrogens (tertiary/aromatic N) is 1. The number of oxazole rings is 1. The Labute approximate surface area is 134 Å². The molecule has 0 fully saturated rings. The van der Waals surface area contributed by atoms with E-state index in [9.17, 15) is 4.79 Å². The number of carbonyl (C=O) groups is 1. The lowest BCUT2D eigenvalue weighted by Crippen LogP contribution is -2.21. The minimum Gasteiger partial charge on any atom is -0.429 e. The van der Waals surface area contributed by atoms with Crippen LogP contribution in [0.3, 0.4) is 0 Å². The number of benzene rings is 2. The summed E-state index contributed by atoms with van der Waals surface area (Å²) in [4.78, 5) is 12.4. The Bertz CT molecular complexity index is 887. The highest BCUT2D eigenvalue weighted by Crippen LogP contribution is 2.19. The highest BCUT2D eigenvalue weighted by atomic mass is 16.4. The maximum atomic E-state index is 12.4. The second-order valence-corrected chi connectivity index (χ2v) is 5.50. The third-order valence-electron chi connectivity index (χ3n) is 4.03. The number of hydrogen-bond donors (Lipinski definition) is 1. The molecule has 116 valence electrons. The van der Waals surface area contributed by atoms with Gasteiger partial charge in [-0.3, -0.25) is 14.8 Å². The molecule has 1 aromatic heterocycles. The van der Waals surface area contributed by atoms with Crippen LogP contribution in [0.1, 0.15) is 21.8 Å². The predicted molar refractivity (Wildman–Crippen MR) is 88.2 cm³/mol. The second-order valence-electron chi connectivity index (χ2n) is 5.50. The molecule has 3 rings (SSSR count). The van der Waals surface area contributed by atoms with E-state index in [1.165, 1.54) is 0 Å². The Balaban J connectivity index is 1.82. The van der Waals surface area contributed by atoms with Crippen molar-refractivity contribution in [2.45, 2.75) is 20.4 Å². The summed E-state index contributed by atoms with van der Waals surface area (Å²) in [5.41, 5.74) is 3.65. The van der Waals surface area contributed by atoms with E-state index in [-0.39, 0.29) is 18.0 Å². The van der Waals surface area contributed by atoms with Crippen molar-refractivity contribution in [3.05, 3.63) is 77.3 Å². The third-order valence-corrected chi connectivity index (χ3v) is 4.03. The first-order valence-corrected chi connectivity index (χ1v) is 7.46. The monoisotopic (exact) mass is 306 g/mol. The smallest absolute Gasteiger partial charge is 0.294 e. The fourth-order valence-corrected chi connectivity index (χ4v) is 2.52. The van der Waals surface area contributed by atoms with Crippen LogP contribution in [-0.4, -0.2) is 10.4 Å². The number of carbonyl (C=O) groups excluding carboxylic acids is 1. The molecule has 1 N–H and O–H groups in total. The Morgan fingerprint density at radius 3 is 2.17 bits per heavy atom. The minimum atomic E-state index is -0.0352. The average Bonchev–Trinajstić information content (AvgIpc) is 2.82. The van der Waals surface area contributed by atoms with Gasteiger partial charge < -0.3 is 4.42 Å². The second kappa shape index (κ2) is 6.08. The van der Waals surface area contributed by atoms with Crippen LogP contribution in [0.25, 0.3) is 11.1 Å². The van der Waals surface area contributed by atoms with Crippen molar-refractivity contribution >= 4 is 5.78 Å². The zero-order valence-electron chi connectivity index (χ0n) is 13.2. The molecule has 0 aliphatic heterocycles. The molecule has 0 atom stereocenters. The van der Waals surface area contributed by atoms with Gasteiger partial charge in [0.05, 0.1) is 12.2 Å². The summed E-state index contributed by atoms with van der Waals surface area (Å²) < 4.78 is 6.82. The summed E-state index contributed by atoms with van der Waals surface area (Å²) in [6, 6.07) is 17.6. The largest absolute Gasteiger partial charge is 0.429 e. The lowest BCUT2D eigenvalue weighted by Gasteiger charge is -2.06. The van der Waals surface area contributed by atoms with E-state index in [4.69, 9.17) is 9.83 Å². The summed E-state index contributed by atoms with van der Waals surface area (Å²) in [5, 5.41) is 7.78. The molecule has 0 bridgehead atoms. The Hall–Kier alpha value is -2.88. The topological polar surface area (TPSA) is 59.0 Å². The first-order chi connectivity index (χ1) is 11.1. The van der Waals surface area contributed by atoms with Crippen molar-refractivity contribution in [2.75, 3.05) is 0 Å². The van der Waals surface area contributed by atoms with Crippen LogP contribution in [0.15, 0.2) is 59.0 Å². The number of nitrogens with one attached hydrogen (secondary N) is 1. The van der Waals surface area contributed by atoms with Gasteiger partial charge in [0.1, 0.15) is 5.76 Å². The summed E-state index contributed by atoms with van der Waals surface area (Å²) in [7, 11) is 0. The van der Waals surface area contributed by atoms with Gasteiger partial charge in [0.25, 0.3) is 5.68 Å². The molecule has 2 aromatic carbocycles. The van der Waals surface area contributed by atoms with Gasteiger partial charge in [0.2, 0.25) is 0 Å². The van der Waals surface area contributed by atoms with E-state index in [1.54, 1.807) is 11.5 Å². The summed E-state index contributed by atoms with van der Waals surface area (Å²) in [6.07, 6.45) is 0. The van der Waals surface area contributed by atoms with Crippen molar-refractivity contribution in [2.24, 2.45) is 0 Å². The van der Waals surface area contributed by atoms with Crippen LogP contribution in [0.2, 0.25) is 0 Å². The lowest BCUT2D eigenvalue weighted by atomic mass is 10.0. The van der Waals surface area contributed by atoms with Gasteiger partial charge in [-0.1, -0.05) is 54.6 Å². The Morgan fingerprint density at radius 2 is 1.61 bits per heavy atom. The zero-order valence-corrected chi connectivity index (χ0v) is 13.2. The zero-order chi connectivity index (χ0) is 16.4. The normalized spacial score (nSPS) is 10.7. The van der Waals surface area contributed by atoms with Crippen LogP contribution in [0.5, 0.6) is 0 Å². The number of aryl methyl sites for hydroxylation is 1. The molecule has 0 amide bonds. The highest BCUT2D eigenvalue weighted by Gasteiger charge is 2.12. The lowest BCUT2D eigenvalue weighted by molar-refractivity contribution is 0.0967. The van der Waals surface area contributed by atoms with Gasteiger partial charge in [0, 0.05) is 5.56 Å². The van der Waals surface area contributed by atoms with Gasteiger partial charge in [-0.2, -0.15) is 0 Å². The predicted octanol–water partition coefficient (Wildman–Crippen LogP) is 3.73. The first kappa shape index (κ1) is 15.0. The number of rotatable bonds is 4. The molecule has 4 nitrogen and oxygen atoms in total. The maximum Gasteiger partial charge on any atom is 0.294 e. The van der Waals surface area contributed by atoms with Gasteiger partial charge in [-0.05, 0) is 25.0 Å². The molecule has 4 heteroatoms. The molecule has 0 aliphatic carbocycles. The third kappa shape index (κ3) is 3.01. The van der Waals surface area contributed by atoms with Crippen LogP contribution in [0.4, 0.5) is 0 Å². The fraction of sp³-hybridized carbons (Fsp3) is 0.158. The van der Waals surface area contributed by atoms with Crippen molar-refractivity contribution in [3.63, 3.8) is 0 Å². The van der Waals surface area contributed by atoms with Gasteiger partial charge >= 0.3 is 0 Å². The molecule has 0 unspecified atom stereocenters. The van der Waals surface area contributed by atoms with Crippen LogP contribution in [0, 0.1) is 19.3 Å². The van der Waals surface area contributed by atoms with E-state index < -0.39 is 0 Å². The van der Waals surface area contributed by atoms with E-state index in [2.05, 4.69) is 0 Å². The molecule has 0 aliphatic rings. The standard InChI is InChI=1S/C19H18N2O2/c1-13-14(2)23-19(20)21(13)12-18(22)17-10-8-16(9-11-17)15-6-4-3-5-7-15/h3-11,20H,12H2,1-2H3. The van der Waals surface area contributed by atoms with Gasteiger partial charge in [-0.15, -0.1) is 0 Å². The highest BCUT2D eigenvalue weighted by molar-refractivity contribution is 5.96. The quantitative estimate of drug-likeness (QED) is 0.747. The number of hydrogen-bond acceptors (Lipinski definition) is 3. The summed E-state index contributed by atoms with van der Waals surface area (Å²) in [6.45, 7) is 3.76. The molecule has 3 aromatic rings. The SMILES string of the molecule is Cc1oc(=N)n(CC(=O)c2ccc(-c3ccccc3)cc2)c1C. The minimum absolute atomic E-state index is 0.00857. The number of Topliss-reactive ketones (excluding diaryl/α,β-unsaturated/α-hetero) is 1. The molecule has 0 saturated carbocycles. The Kier molecular flexibility index (Phi) is 3.98. The van der Waals surface area contributed by atoms with Crippen molar-refractivity contribution in [1.29, 1.82) is 5.41 Å². The van der Waals surface area contributed by atoms with Gasteiger partial charge in [-0.25, -0.2) is 0 Å². The van der Waals surface area contributed by atoms with E-state index in [0.717, 1.165) is 16.8 Å². The number of ketones is 1. The molecular weight excluding hydrogens is 288 g/mol. The molecule has 0 saturated heterocycles. The van der Waals surface area contributed by atoms with Crippen LogP contribution in [-0.2, 0) is 6.54 Å². The van der Waals surface area contributed by atoms with E-state index in [0.29, 0.717) is 11.3 Å². The first-order valence-electron chi connectivity index (χ1n) is 7.46. The van der Waals surface area contributed by atoms with Crippen LogP contribution < -0.4 is 5.68 Å². The molecule has 1 heterocycles. The van der Waals surface area contributed by atoms with Crippen molar-refractivity contribution < 1.29 is 9.21 Å². The average molecular weight is 306 g/mol. The molecular formula is C19H18N2O2. The summed E-state index contributed by atoms with van der Waals surface area (Å²) in [5.74, 6) is 0.634. The maximum absolute atomic E-state index is 12.4. The molecule has 0 radical (unpaired) electrons. The van der Waals surface area contributed by atoms with Crippen molar-refractivity contribution in [1.82, 2.24) is 4.57 Å². The molecule has 23 heavy (non-hydrogen) atoms.